The van der Waals surface area contributed by atoms with Crippen molar-refractivity contribution < 1.29 is 0 Å². The molecule has 1 heterocycles. The van der Waals surface area contributed by atoms with Gasteiger partial charge in [0.2, 0.25) is 0 Å². The van der Waals surface area contributed by atoms with Crippen LogP contribution >= 0.6 is 11.6 Å². The van der Waals surface area contributed by atoms with E-state index in [9.17, 15) is 0 Å². The van der Waals surface area contributed by atoms with Crippen LogP contribution in [-0.2, 0) is 0 Å². The number of piperazine rings is 1. The van der Waals surface area contributed by atoms with E-state index in [1.807, 2.05) is 12.1 Å². The molecule has 2 nitrogen and oxygen atoms in total. The van der Waals surface area contributed by atoms with Gasteiger partial charge in [0.25, 0.3) is 0 Å². The van der Waals surface area contributed by atoms with Crippen LogP contribution in [0.15, 0.2) is 24.3 Å². The summed E-state index contributed by atoms with van der Waals surface area (Å²) < 4.78 is 0. The minimum atomic E-state index is 0.247. The van der Waals surface area contributed by atoms with Crippen molar-refractivity contribution in [2.45, 2.75) is 32.2 Å². The maximum atomic E-state index is 6.27. The number of hydrogen-bond acceptors (Lipinski definition) is 2. The summed E-state index contributed by atoms with van der Waals surface area (Å²) in [5.74, 6) is 0. The zero-order valence-electron chi connectivity index (χ0n) is 10.7. The van der Waals surface area contributed by atoms with E-state index < -0.39 is 0 Å². The molecule has 1 aliphatic rings. The monoisotopic (exact) mass is 252 g/mol. The Morgan fingerprint density at radius 3 is 2.65 bits per heavy atom. The van der Waals surface area contributed by atoms with E-state index in [4.69, 9.17) is 11.6 Å². The molecular weight excluding hydrogens is 232 g/mol. The van der Waals surface area contributed by atoms with Gasteiger partial charge in [0.1, 0.15) is 0 Å². The first kappa shape index (κ1) is 12.7. The highest BCUT2D eigenvalue weighted by atomic mass is 35.5. The lowest BCUT2D eigenvalue weighted by Gasteiger charge is -2.44. The molecule has 0 saturated carbocycles. The van der Waals surface area contributed by atoms with Crippen LogP contribution in [0.1, 0.15) is 26.7 Å². The van der Waals surface area contributed by atoms with Gasteiger partial charge < -0.3 is 10.2 Å². The van der Waals surface area contributed by atoms with Crippen molar-refractivity contribution in [2.24, 2.45) is 0 Å². The van der Waals surface area contributed by atoms with E-state index >= 15 is 0 Å². The Morgan fingerprint density at radius 2 is 2.00 bits per heavy atom. The molecule has 1 aromatic rings. The molecule has 1 aromatic carbocycles. The summed E-state index contributed by atoms with van der Waals surface area (Å²) >= 11 is 6.27. The Hall–Kier alpha value is -0.730. The third-order valence-electron chi connectivity index (χ3n) is 3.92. The molecule has 0 unspecified atom stereocenters. The van der Waals surface area contributed by atoms with E-state index in [0.29, 0.717) is 0 Å². The van der Waals surface area contributed by atoms with Gasteiger partial charge >= 0.3 is 0 Å². The summed E-state index contributed by atoms with van der Waals surface area (Å²) in [7, 11) is 0. The van der Waals surface area contributed by atoms with Gasteiger partial charge in [-0.25, -0.2) is 0 Å². The van der Waals surface area contributed by atoms with E-state index in [1.165, 1.54) is 5.69 Å². The third kappa shape index (κ3) is 2.58. The molecule has 0 aliphatic carbocycles. The number of anilines is 1. The van der Waals surface area contributed by atoms with Crippen molar-refractivity contribution in [3.8, 4) is 0 Å². The van der Waals surface area contributed by atoms with Crippen LogP contribution in [0.5, 0.6) is 0 Å². The third-order valence-corrected chi connectivity index (χ3v) is 4.24. The Balaban J connectivity index is 2.20. The average Bonchev–Trinajstić information content (AvgIpc) is 2.39. The summed E-state index contributed by atoms with van der Waals surface area (Å²) in [5.41, 5.74) is 1.42. The minimum absolute atomic E-state index is 0.247. The largest absolute Gasteiger partial charge is 0.367 e. The Kier molecular flexibility index (Phi) is 3.95. The molecule has 0 bridgehead atoms. The average molecular weight is 253 g/mol. The van der Waals surface area contributed by atoms with Crippen LogP contribution in [0.25, 0.3) is 0 Å². The van der Waals surface area contributed by atoms with Crippen LogP contribution in [0.3, 0.4) is 0 Å². The number of halogens is 1. The van der Waals surface area contributed by atoms with Crippen LogP contribution < -0.4 is 10.2 Å². The molecule has 2 rings (SSSR count). The van der Waals surface area contributed by atoms with Gasteiger partial charge in [0.05, 0.1) is 10.7 Å². The molecule has 17 heavy (non-hydrogen) atoms. The summed E-state index contributed by atoms with van der Waals surface area (Å²) in [6, 6.07) is 8.13. The summed E-state index contributed by atoms with van der Waals surface area (Å²) in [5, 5.41) is 4.52. The molecule has 1 saturated heterocycles. The molecule has 0 amide bonds. The van der Waals surface area contributed by atoms with Crippen molar-refractivity contribution in [3.63, 3.8) is 0 Å². The number of nitrogens with zero attached hydrogens (tertiary/aromatic N) is 1. The molecule has 0 spiro atoms. The minimum Gasteiger partial charge on any atom is -0.367 e. The van der Waals surface area contributed by atoms with Gasteiger partial charge in [-0.2, -0.15) is 0 Å². The second kappa shape index (κ2) is 5.28. The highest BCUT2D eigenvalue weighted by Crippen LogP contribution is 2.29. The van der Waals surface area contributed by atoms with Gasteiger partial charge in [0, 0.05) is 25.2 Å². The Labute approximate surface area is 109 Å². The Bertz CT molecular complexity index is 374. The highest BCUT2D eigenvalue weighted by Gasteiger charge is 2.32. The van der Waals surface area contributed by atoms with Crippen LogP contribution in [0.4, 0.5) is 5.69 Å². The molecule has 0 atom stereocenters. The van der Waals surface area contributed by atoms with Crippen molar-refractivity contribution in [1.82, 2.24) is 5.32 Å². The maximum Gasteiger partial charge on any atom is 0.0639 e. The standard InChI is InChI=1S/C14H21ClN2/c1-3-14(4-2)11-17(10-9-16-14)13-8-6-5-7-12(13)15/h5-8,16H,3-4,9-11H2,1-2H3. The molecular formula is C14H21ClN2. The topological polar surface area (TPSA) is 15.3 Å². The molecule has 0 radical (unpaired) electrons. The second-order valence-corrected chi connectivity index (χ2v) is 5.19. The van der Waals surface area contributed by atoms with Crippen LogP contribution in [-0.4, -0.2) is 25.2 Å². The predicted molar refractivity (Wildman–Crippen MR) is 75.0 cm³/mol. The number of hydrogen-bond donors (Lipinski definition) is 1. The van der Waals surface area contributed by atoms with Crippen LogP contribution in [0, 0.1) is 0 Å². The normalized spacial score (nSPS) is 19.4. The SMILES string of the molecule is CCC1(CC)CN(c2ccccc2Cl)CCN1. The van der Waals surface area contributed by atoms with Gasteiger partial charge in [-0.05, 0) is 25.0 Å². The second-order valence-electron chi connectivity index (χ2n) is 4.79. The van der Waals surface area contributed by atoms with Crippen molar-refractivity contribution in [2.75, 3.05) is 24.5 Å². The van der Waals surface area contributed by atoms with Crippen LogP contribution in [0.2, 0.25) is 5.02 Å². The fraction of sp³-hybridized carbons (Fsp3) is 0.571. The fourth-order valence-corrected chi connectivity index (χ4v) is 2.85. The fourth-order valence-electron chi connectivity index (χ4n) is 2.59. The Morgan fingerprint density at radius 1 is 1.29 bits per heavy atom. The van der Waals surface area contributed by atoms with Crippen molar-refractivity contribution in [1.29, 1.82) is 0 Å². The van der Waals surface area contributed by atoms with Gasteiger partial charge in [0.15, 0.2) is 0 Å². The summed E-state index contributed by atoms with van der Waals surface area (Å²) in [6.07, 6.45) is 2.31. The van der Waals surface area contributed by atoms with E-state index in [-0.39, 0.29) is 5.54 Å². The number of benzene rings is 1. The molecule has 94 valence electrons. The zero-order valence-corrected chi connectivity index (χ0v) is 11.4. The lowest BCUT2D eigenvalue weighted by atomic mass is 9.90. The van der Waals surface area contributed by atoms with E-state index in [1.54, 1.807) is 0 Å². The van der Waals surface area contributed by atoms with E-state index in [2.05, 4.69) is 36.2 Å². The molecule has 1 N–H and O–H groups in total. The van der Waals surface area contributed by atoms with Gasteiger partial charge in [-0.15, -0.1) is 0 Å². The zero-order chi connectivity index (χ0) is 12.3. The summed E-state index contributed by atoms with van der Waals surface area (Å²) in [6.45, 7) is 7.63. The highest BCUT2D eigenvalue weighted by molar-refractivity contribution is 6.33. The maximum absolute atomic E-state index is 6.27. The van der Waals surface area contributed by atoms with Gasteiger partial charge in [-0.3, -0.25) is 0 Å². The number of rotatable bonds is 3. The smallest absolute Gasteiger partial charge is 0.0639 e. The van der Waals surface area contributed by atoms with Crippen molar-refractivity contribution in [3.05, 3.63) is 29.3 Å². The predicted octanol–water partition coefficient (Wildman–Crippen LogP) is 3.31. The molecule has 1 fully saturated rings. The van der Waals surface area contributed by atoms with Crippen molar-refractivity contribution >= 4 is 17.3 Å². The molecule has 0 aromatic heterocycles. The first-order valence-corrected chi connectivity index (χ1v) is 6.83. The molecule has 1 aliphatic heterocycles. The first-order valence-electron chi connectivity index (χ1n) is 6.45. The van der Waals surface area contributed by atoms with Gasteiger partial charge in [-0.1, -0.05) is 37.6 Å². The summed E-state index contributed by atoms with van der Waals surface area (Å²) in [4.78, 5) is 2.41. The first-order chi connectivity index (χ1) is 8.21. The van der Waals surface area contributed by atoms with E-state index in [0.717, 1.165) is 37.5 Å². The number of para-hydroxylation sites is 1. The lowest BCUT2D eigenvalue weighted by Crippen LogP contribution is -2.60. The number of nitrogens with one attached hydrogen (secondary N) is 1. The lowest BCUT2D eigenvalue weighted by molar-refractivity contribution is 0.277. The quantitative estimate of drug-likeness (QED) is 0.888. The molecule has 3 heteroatoms.